The zero-order valence-electron chi connectivity index (χ0n) is 9.88. The first-order valence-electron chi connectivity index (χ1n) is 6.00. The fourth-order valence-electron chi connectivity index (χ4n) is 2.63. The van der Waals surface area contributed by atoms with E-state index in [4.69, 9.17) is 0 Å². The molecule has 0 atom stereocenters. The number of fused-ring (bicyclic) bond motifs is 4. The lowest BCUT2D eigenvalue weighted by Crippen LogP contribution is -2.16. The molecule has 0 radical (unpaired) electrons. The number of hydrogen-bond donors (Lipinski definition) is 0. The van der Waals surface area contributed by atoms with Gasteiger partial charge in [-0.05, 0) is 45.1 Å². The molecule has 4 rings (SSSR count). The molecule has 3 aromatic carbocycles. The van der Waals surface area contributed by atoms with Gasteiger partial charge in [0.05, 0.1) is 5.56 Å². The number of benzene rings is 3. The van der Waals surface area contributed by atoms with Gasteiger partial charge in [-0.25, -0.2) is 4.99 Å². The lowest BCUT2D eigenvalue weighted by atomic mass is 9.97. The van der Waals surface area contributed by atoms with E-state index < -0.39 is 11.8 Å². The molecule has 0 N–H and O–H groups in total. The minimum atomic E-state index is -0.435. The molecule has 1 amide bonds. The molecule has 1 heterocycles. The molecule has 0 bridgehead atoms. The van der Waals surface area contributed by atoms with Crippen LogP contribution in [0.15, 0.2) is 53.5 Å². The van der Waals surface area contributed by atoms with Gasteiger partial charge in [0.2, 0.25) is 0 Å². The molecule has 90 valence electrons. The second-order valence-electron chi connectivity index (χ2n) is 4.63. The zero-order valence-corrected chi connectivity index (χ0v) is 9.88. The van der Waals surface area contributed by atoms with Gasteiger partial charge in [-0.1, -0.05) is 36.4 Å². The molecule has 1 aliphatic rings. The molecule has 0 saturated carbocycles. The van der Waals surface area contributed by atoms with E-state index in [9.17, 15) is 9.90 Å². The maximum Gasteiger partial charge on any atom is 0.277 e. The van der Waals surface area contributed by atoms with Crippen molar-refractivity contribution < 1.29 is 9.90 Å². The van der Waals surface area contributed by atoms with Gasteiger partial charge in [-0.3, -0.25) is 4.79 Å². The van der Waals surface area contributed by atoms with Crippen LogP contribution in [0.4, 0.5) is 0 Å². The van der Waals surface area contributed by atoms with Crippen LogP contribution in [0.2, 0.25) is 0 Å². The van der Waals surface area contributed by atoms with Gasteiger partial charge in [0, 0.05) is 0 Å². The highest BCUT2D eigenvalue weighted by atomic mass is 16.3. The van der Waals surface area contributed by atoms with Gasteiger partial charge in [-0.2, -0.15) is 0 Å². The predicted octanol–water partition coefficient (Wildman–Crippen LogP) is 2.25. The fourth-order valence-corrected chi connectivity index (χ4v) is 2.63. The van der Waals surface area contributed by atoms with Crippen molar-refractivity contribution in [3.63, 3.8) is 0 Å². The summed E-state index contributed by atoms with van der Waals surface area (Å²) >= 11 is 0. The first kappa shape index (κ1) is 10.3. The molecule has 3 aromatic rings. The van der Waals surface area contributed by atoms with Crippen molar-refractivity contribution in [1.82, 2.24) is 0 Å². The van der Waals surface area contributed by atoms with Gasteiger partial charge in [0.1, 0.15) is 0 Å². The maximum absolute atomic E-state index is 11.8. The molecule has 19 heavy (non-hydrogen) atoms. The summed E-state index contributed by atoms with van der Waals surface area (Å²) in [6.07, 6.45) is 0. The third-order valence-corrected chi connectivity index (χ3v) is 3.53. The fraction of sp³-hybridized carbons (Fsp3) is 0. The van der Waals surface area contributed by atoms with Crippen LogP contribution >= 0.6 is 0 Å². The van der Waals surface area contributed by atoms with E-state index in [-0.39, 0.29) is 0 Å². The molecule has 0 aliphatic carbocycles. The van der Waals surface area contributed by atoms with E-state index in [1.807, 2.05) is 42.5 Å². The Hall–Kier alpha value is -2.68. The molecular formula is C16H8NO2-. The third kappa shape index (κ3) is 1.32. The Bertz CT molecular complexity index is 894. The van der Waals surface area contributed by atoms with Gasteiger partial charge >= 0.3 is 0 Å². The van der Waals surface area contributed by atoms with Gasteiger partial charge in [0.25, 0.3) is 5.91 Å². The standard InChI is InChI=1S/C16H9NO2/c18-15-12-6-5-11-7-9-3-1-2-4-10(9)8-13(11)14(12)16(19)17-15/h1-8H,(H,17,18,19)/p-1. The van der Waals surface area contributed by atoms with E-state index in [0.29, 0.717) is 11.1 Å². The smallest absolute Gasteiger partial charge is 0.277 e. The summed E-state index contributed by atoms with van der Waals surface area (Å²) in [4.78, 5) is 15.3. The minimum Gasteiger partial charge on any atom is -0.858 e. The summed E-state index contributed by atoms with van der Waals surface area (Å²) < 4.78 is 0. The van der Waals surface area contributed by atoms with Crippen LogP contribution in [-0.2, 0) is 0 Å². The molecule has 3 nitrogen and oxygen atoms in total. The van der Waals surface area contributed by atoms with Crippen LogP contribution < -0.4 is 5.11 Å². The van der Waals surface area contributed by atoms with Gasteiger partial charge in [0.15, 0.2) is 0 Å². The first-order chi connectivity index (χ1) is 9.24. The number of nitrogens with zero attached hydrogens (tertiary/aromatic N) is 1. The average Bonchev–Trinajstić information content (AvgIpc) is 2.72. The number of amides is 1. The predicted molar refractivity (Wildman–Crippen MR) is 72.3 cm³/mol. The maximum atomic E-state index is 11.8. The Morgan fingerprint density at radius 1 is 0.895 bits per heavy atom. The third-order valence-electron chi connectivity index (χ3n) is 3.53. The molecule has 0 spiro atoms. The van der Waals surface area contributed by atoms with Gasteiger partial charge < -0.3 is 5.11 Å². The Kier molecular flexibility index (Phi) is 1.85. The van der Waals surface area contributed by atoms with Crippen LogP contribution in [0.3, 0.4) is 0 Å². The highest BCUT2D eigenvalue weighted by Gasteiger charge is 2.20. The van der Waals surface area contributed by atoms with Crippen LogP contribution in [0.5, 0.6) is 0 Å². The van der Waals surface area contributed by atoms with Crippen molar-refractivity contribution >= 4 is 33.3 Å². The van der Waals surface area contributed by atoms with E-state index in [1.54, 1.807) is 6.07 Å². The molecule has 0 aromatic heterocycles. The average molecular weight is 246 g/mol. The molecule has 0 unspecified atom stereocenters. The summed E-state index contributed by atoms with van der Waals surface area (Å²) in [5.41, 5.74) is 0.848. The second kappa shape index (κ2) is 3.42. The van der Waals surface area contributed by atoms with Crippen molar-refractivity contribution in [3.8, 4) is 0 Å². The Labute approximate surface area is 108 Å². The van der Waals surface area contributed by atoms with Gasteiger partial charge in [-0.15, -0.1) is 0 Å². The summed E-state index contributed by atoms with van der Waals surface area (Å²) in [5.74, 6) is -0.865. The topological polar surface area (TPSA) is 52.5 Å². The van der Waals surface area contributed by atoms with Crippen molar-refractivity contribution in [3.05, 3.63) is 59.7 Å². The van der Waals surface area contributed by atoms with E-state index >= 15 is 0 Å². The van der Waals surface area contributed by atoms with Crippen LogP contribution in [0.25, 0.3) is 21.5 Å². The lowest BCUT2D eigenvalue weighted by molar-refractivity contribution is -0.212. The highest BCUT2D eigenvalue weighted by molar-refractivity contribution is 6.24. The first-order valence-corrected chi connectivity index (χ1v) is 6.00. The van der Waals surface area contributed by atoms with Crippen LogP contribution in [0.1, 0.15) is 15.9 Å². The minimum absolute atomic E-state index is 0.410. The Balaban J connectivity index is 2.18. The number of rotatable bonds is 0. The van der Waals surface area contributed by atoms with Crippen molar-refractivity contribution in [2.45, 2.75) is 0 Å². The summed E-state index contributed by atoms with van der Waals surface area (Å²) in [6, 6.07) is 15.5. The highest BCUT2D eigenvalue weighted by Crippen LogP contribution is 2.30. The lowest BCUT2D eigenvalue weighted by Gasteiger charge is -2.09. The largest absolute Gasteiger partial charge is 0.858 e. The molecule has 3 heteroatoms. The monoisotopic (exact) mass is 246 g/mol. The van der Waals surface area contributed by atoms with E-state index in [1.165, 1.54) is 0 Å². The number of hydrogen-bond acceptors (Lipinski definition) is 2. The summed E-state index contributed by atoms with van der Waals surface area (Å²) in [6.45, 7) is 0. The normalized spacial score (nSPS) is 13.9. The van der Waals surface area contributed by atoms with E-state index in [2.05, 4.69) is 4.99 Å². The van der Waals surface area contributed by atoms with Crippen molar-refractivity contribution in [2.75, 3.05) is 0 Å². The van der Waals surface area contributed by atoms with Crippen LogP contribution in [0, 0.1) is 0 Å². The Morgan fingerprint density at radius 2 is 1.63 bits per heavy atom. The zero-order chi connectivity index (χ0) is 13.0. The SMILES string of the molecule is O=C1N=C([O-])c2ccc3cc4ccccc4cc3c21. The van der Waals surface area contributed by atoms with Crippen LogP contribution in [-0.4, -0.2) is 11.8 Å². The Morgan fingerprint density at radius 3 is 2.42 bits per heavy atom. The second-order valence-corrected chi connectivity index (χ2v) is 4.63. The molecule has 1 aliphatic heterocycles. The van der Waals surface area contributed by atoms with Crippen molar-refractivity contribution in [2.24, 2.45) is 4.99 Å². The number of carbonyl (C=O) groups is 1. The molecular weight excluding hydrogens is 238 g/mol. The number of carbonyl (C=O) groups excluding carboxylic acids is 1. The summed E-state index contributed by atoms with van der Waals surface area (Å²) in [7, 11) is 0. The quantitative estimate of drug-likeness (QED) is 0.571. The number of aliphatic imine (C=N–C) groups is 1. The van der Waals surface area contributed by atoms with E-state index in [0.717, 1.165) is 21.5 Å². The summed E-state index contributed by atoms with van der Waals surface area (Å²) in [5, 5.41) is 15.5. The molecule has 0 fully saturated rings. The molecule has 0 saturated heterocycles. The van der Waals surface area contributed by atoms with Crippen molar-refractivity contribution in [1.29, 1.82) is 0 Å².